The summed E-state index contributed by atoms with van der Waals surface area (Å²) in [5.41, 5.74) is -0.683. The molecular weight excluding hydrogens is 389 g/mol. The van der Waals surface area contributed by atoms with Crippen LogP contribution in [0.1, 0.15) is 15.9 Å². The van der Waals surface area contributed by atoms with Gasteiger partial charge in [-0.25, -0.2) is 13.2 Å². The van der Waals surface area contributed by atoms with Gasteiger partial charge in [0.1, 0.15) is 11.6 Å². The summed E-state index contributed by atoms with van der Waals surface area (Å²) >= 11 is 5.80. The maximum Gasteiger partial charge on any atom is 0.199 e. The van der Waals surface area contributed by atoms with E-state index in [1.807, 2.05) is 0 Å². The number of ketones is 1. The van der Waals surface area contributed by atoms with Crippen molar-refractivity contribution in [2.24, 2.45) is 0 Å². The second-order valence-electron chi connectivity index (χ2n) is 3.68. The molecule has 0 saturated carbocycles. The van der Waals surface area contributed by atoms with Gasteiger partial charge >= 0.3 is 0 Å². The van der Waals surface area contributed by atoms with E-state index in [0.717, 1.165) is 12.1 Å². The molecule has 0 aliphatic rings. The van der Waals surface area contributed by atoms with Gasteiger partial charge in [-0.2, -0.15) is 0 Å². The lowest BCUT2D eigenvalue weighted by Crippen LogP contribution is -2.08. The summed E-state index contributed by atoms with van der Waals surface area (Å²) in [6, 6.07) is 5.55. The quantitative estimate of drug-likeness (QED) is 0.526. The first-order valence-corrected chi connectivity index (χ1v) is 6.63. The molecule has 2 rings (SSSR count). The predicted molar refractivity (Wildman–Crippen MR) is 71.6 cm³/mol. The lowest BCUT2D eigenvalue weighted by atomic mass is 10.0. The van der Waals surface area contributed by atoms with Gasteiger partial charge in [0.15, 0.2) is 11.6 Å². The third kappa shape index (κ3) is 2.74. The zero-order valence-corrected chi connectivity index (χ0v) is 12.4. The molecule has 0 amide bonds. The van der Waals surface area contributed by atoms with Crippen molar-refractivity contribution in [3.8, 4) is 0 Å². The van der Waals surface area contributed by atoms with Crippen LogP contribution in [0.4, 0.5) is 13.2 Å². The molecule has 0 fully saturated rings. The lowest BCUT2D eigenvalue weighted by Gasteiger charge is -2.06. The van der Waals surface area contributed by atoms with Crippen LogP contribution in [-0.2, 0) is 0 Å². The van der Waals surface area contributed by atoms with Crippen LogP contribution in [0.5, 0.6) is 0 Å². The maximum absolute atomic E-state index is 13.8. The topological polar surface area (TPSA) is 17.1 Å². The SMILES string of the molecule is O=C(c1ccc(F)c(Br)c1)c1c(F)ccc(Br)c1F. The number of benzene rings is 2. The molecule has 0 aromatic heterocycles. The number of rotatable bonds is 2. The Hall–Kier alpha value is -1.14. The summed E-state index contributed by atoms with van der Waals surface area (Å²) in [5, 5.41) is 0. The van der Waals surface area contributed by atoms with E-state index >= 15 is 0 Å². The number of carbonyl (C=O) groups excluding carboxylic acids is 1. The smallest absolute Gasteiger partial charge is 0.199 e. The largest absolute Gasteiger partial charge is 0.288 e. The average Bonchev–Trinajstić information content (AvgIpc) is 2.37. The van der Waals surface area contributed by atoms with Crippen molar-refractivity contribution in [1.29, 1.82) is 0 Å². The van der Waals surface area contributed by atoms with E-state index in [-0.39, 0.29) is 14.5 Å². The Labute approximate surface area is 123 Å². The molecule has 0 saturated heterocycles. The van der Waals surface area contributed by atoms with Gasteiger partial charge in [-0.1, -0.05) is 0 Å². The Morgan fingerprint density at radius 1 is 0.895 bits per heavy atom. The minimum atomic E-state index is -0.981. The number of carbonyl (C=O) groups is 1. The van der Waals surface area contributed by atoms with E-state index in [1.54, 1.807) is 0 Å². The summed E-state index contributed by atoms with van der Waals surface area (Å²) in [6.07, 6.45) is 0. The summed E-state index contributed by atoms with van der Waals surface area (Å²) in [5.74, 6) is -3.36. The number of halogens is 5. The van der Waals surface area contributed by atoms with Crippen molar-refractivity contribution in [3.05, 3.63) is 67.9 Å². The van der Waals surface area contributed by atoms with Crippen LogP contribution in [0.2, 0.25) is 0 Å². The average molecular weight is 394 g/mol. The van der Waals surface area contributed by atoms with Gasteiger partial charge in [-0.05, 0) is 62.2 Å². The standard InChI is InChI=1S/C13H5Br2F3O/c14-7-2-4-10(17)11(12(7)18)13(19)6-1-3-9(16)8(15)5-6/h1-5H. The zero-order chi connectivity index (χ0) is 14.2. The first-order valence-electron chi connectivity index (χ1n) is 5.05. The van der Waals surface area contributed by atoms with E-state index in [4.69, 9.17) is 0 Å². The summed E-state index contributed by atoms with van der Waals surface area (Å²) in [6.45, 7) is 0. The fourth-order valence-corrected chi connectivity index (χ4v) is 2.23. The van der Waals surface area contributed by atoms with Gasteiger partial charge in [0.05, 0.1) is 14.5 Å². The van der Waals surface area contributed by atoms with Gasteiger partial charge < -0.3 is 0 Å². The molecule has 0 aliphatic carbocycles. The summed E-state index contributed by atoms with van der Waals surface area (Å²) in [4.78, 5) is 12.1. The minimum Gasteiger partial charge on any atom is -0.288 e. The van der Waals surface area contributed by atoms with Crippen molar-refractivity contribution >= 4 is 37.6 Å². The highest BCUT2D eigenvalue weighted by molar-refractivity contribution is 9.10. The summed E-state index contributed by atoms with van der Waals surface area (Å²) in [7, 11) is 0. The van der Waals surface area contributed by atoms with Crippen LogP contribution in [0, 0.1) is 17.5 Å². The van der Waals surface area contributed by atoms with Crippen LogP contribution >= 0.6 is 31.9 Å². The second-order valence-corrected chi connectivity index (χ2v) is 5.38. The predicted octanol–water partition coefficient (Wildman–Crippen LogP) is 4.86. The Bertz CT molecular complexity index is 671. The molecule has 0 N–H and O–H groups in total. The highest BCUT2D eigenvalue weighted by atomic mass is 79.9. The highest BCUT2D eigenvalue weighted by Gasteiger charge is 2.21. The third-order valence-corrected chi connectivity index (χ3v) is 3.67. The fourth-order valence-electron chi connectivity index (χ4n) is 1.52. The molecule has 0 atom stereocenters. The molecule has 0 aliphatic heterocycles. The van der Waals surface area contributed by atoms with Crippen LogP contribution in [0.3, 0.4) is 0 Å². The maximum atomic E-state index is 13.8. The molecular formula is C13H5Br2F3O. The van der Waals surface area contributed by atoms with Gasteiger partial charge in [0.25, 0.3) is 0 Å². The van der Waals surface area contributed by atoms with E-state index in [1.165, 1.54) is 18.2 Å². The fraction of sp³-hybridized carbons (Fsp3) is 0. The Morgan fingerprint density at radius 3 is 2.16 bits per heavy atom. The van der Waals surface area contributed by atoms with E-state index in [9.17, 15) is 18.0 Å². The van der Waals surface area contributed by atoms with Gasteiger partial charge in [-0.15, -0.1) is 0 Å². The summed E-state index contributed by atoms with van der Waals surface area (Å²) < 4.78 is 40.5. The highest BCUT2D eigenvalue weighted by Crippen LogP contribution is 2.25. The first-order chi connectivity index (χ1) is 8.91. The second kappa shape index (κ2) is 5.46. The van der Waals surface area contributed by atoms with E-state index < -0.39 is 28.8 Å². The van der Waals surface area contributed by atoms with Crippen molar-refractivity contribution in [1.82, 2.24) is 0 Å². The molecule has 2 aromatic carbocycles. The van der Waals surface area contributed by atoms with Crippen LogP contribution in [-0.4, -0.2) is 5.78 Å². The van der Waals surface area contributed by atoms with Crippen molar-refractivity contribution in [2.45, 2.75) is 0 Å². The van der Waals surface area contributed by atoms with Crippen LogP contribution < -0.4 is 0 Å². The number of hydrogen-bond donors (Lipinski definition) is 0. The molecule has 1 nitrogen and oxygen atoms in total. The van der Waals surface area contributed by atoms with Crippen LogP contribution in [0.25, 0.3) is 0 Å². The minimum absolute atomic E-state index is 0.0100. The van der Waals surface area contributed by atoms with Crippen molar-refractivity contribution in [2.75, 3.05) is 0 Å². The molecule has 19 heavy (non-hydrogen) atoms. The molecule has 0 bridgehead atoms. The van der Waals surface area contributed by atoms with Crippen molar-refractivity contribution < 1.29 is 18.0 Å². The Kier molecular flexibility index (Phi) is 4.10. The molecule has 0 radical (unpaired) electrons. The molecule has 98 valence electrons. The van der Waals surface area contributed by atoms with E-state index in [0.29, 0.717) is 0 Å². The third-order valence-electron chi connectivity index (χ3n) is 2.45. The van der Waals surface area contributed by atoms with Gasteiger partial charge in [0.2, 0.25) is 0 Å². The van der Waals surface area contributed by atoms with E-state index in [2.05, 4.69) is 31.9 Å². The van der Waals surface area contributed by atoms with Gasteiger partial charge in [-0.3, -0.25) is 4.79 Å². The first kappa shape index (κ1) is 14.3. The molecule has 0 unspecified atom stereocenters. The van der Waals surface area contributed by atoms with Crippen molar-refractivity contribution in [3.63, 3.8) is 0 Å². The monoisotopic (exact) mass is 392 g/mol. The number of hydrogen-bond acceptors (Lipinski definition) is 1. The molecule has 0 heterocycles. The molecule has 6 heteroatoms. The molecule has 0 spiro atoms. The normalized spacial score (nSPS) is 10.6. The Balaban J connectivity index is 2.56. The Morgan fingerprint density at radius 2 is 1.53 bits per heavy atom. The zero-order valence-electron chi connectivity index (χ0n) is 9.18. The van der Waals surface area contributed by atoms with Crippen LogP contribution in [0.15, 0.2) is 39.3 Å². The van der Waals surface area contributed by atoms with Gasteiger partial charge in [0, 0.05) is 5.56 Å². The molecule has 2 aromatic rings. The lowest BCUT2D eigenvalue weighted by molar-refractivity contribution is 0.103.